The molecule has 2 fully saturated rings. The molecule has 1 saturated carbocycles. The van der Waals surface area contributed by atoms with Crippen LogP contribution in [0.1, 0.15) is 31.2 Å². The summed E-state index contributed by atoms with van der Waals surface area (Å²) >= 11 is 0. The molecule has 0 aromatic heterocycles. The summed E-state index contributed by atoms with van der Waals surface area (Å²) in [6.45, 7) is 1.62. The zero-order valence-electron chi connectivity index (χ0n) is 14.4. The summed E-state index contributed by atoms with van der Waals surface area (Å²) in [5, 5.41) is 12.6. The van der Waals surface area contributed by atoms with Gasteiger partial charge in [0.05, 0.1) is 7.11 Å². The fourth-order valence-corrected chi connectivity index (χ4v) is 3.54. The Morgan fingerprint density at radius 3 is 2.96 bits per heavy atom. The van der Waals surface area contributed by atoms with Crippen molar-refractivity contribution in [3.63, 3.8) is 0 Å². The molecule has 1 aromatic carbocycles. The van der Waals surface area contributed by atoms with Crippen LogP contribution in [0.25, 0.3) is 0 Å². The van der Waals surface area contributed by atoms with Gasteiger partial charge < -0.3 is 20.1 Å². The molecule has 1 aromatic rings. The molecule has 1 saturated heterocycles. The molecular weight excluding hydrogens is 304 g/mol. The van der Waals surface area contributed by atoms with Gasteiger partial charge in [-0.05, 0) is 61.6 Å². The van der Waals surface area contributed by atoms with Gasteiger partial charge in [-0.2, -0.15) is 0 Å². The van der Waals surface area contributed by atoms with Crippen molar-refractivity contribution >= 4 is 6.03 Å². The standard InChI is InChI=1S/C19H28N2O3/c1-24-17-6-2-4-14(10-17)11-18(16-7-8-16)20-19(23)21-9-3-5-15(12-21)13-22/h2,4,6,10,15-16,18,22H,3,5,7-9,11-13H2,1H3,(H,20,23)/t15-,18-/m1/s1. The van der Waals surface area contributed by atoms with Gasteiger partial charge in [-0.15, -0.1) is 0 Å². The van der Waals surface area contributed by atoms with Crippen LogP contribution in [0.3, 0.4) is 0 Å². The fraction of sp³-hybridized carbons (Fsp3) is 0.632. The number of aliphatic hydroxyl groups excluding tert-OH is 1. The van der Waals surface area contributed by atoms with E-state index in [-0.39, 0.29) is 24.6 Å². The third-order valence-electron chi connectivity index (χ3n) is 5.15. The zero-order valence-corrected chi connectivity index (χ0v) is 14.4. The van der Waals surface area contributed by atoms with Gasteiger partial charge in [-0.25, -0.2) is 4.79 Å². The molecule has 2 atom stereocenters. The maximum Gasteiger partial charge on any atom is 0.317 e. The van der Waals surface area contributed by atoms with E-state index in [1.54, 1.807) is 7.11 Å². The Kier molecular flexibility index (Phi) is 5.61. The molecule has 0 radical (unpaired) electrons. The summed E-state index contributed by atoms with van der Waals surface area (Å²) in [7, 11) is 1.67. The minimum atomic E-state index is 0.0212. The average molecular weight is 332 g/mol. The zero-order chi connectivity index (χ0) is 16.9. The molecule has 132 valence electrons. The highest BCUT2D eigenvalue weighted by Crippen LogP contribution is 2.34. The van der Waals surface area contributed by atoms with Crippen LogP contribution in [0.2, 0.25) is 0 Å². The van der Waals surface area contributed by atoms with Gasteiger partial charge in [0.25, 0.3) is 0 Å². The van der Waals surface area contributed by atoms with Crippen LogP contribution >= 0.6 is 0 Å². The minimum absolute atomic E-state index is 0.0212. The number of aliphatic hydroxyl groups is 1. The Hall–Kier alpha value is -1.75. The summed E-state index contributed by atoms with van der Waals surface area (Å²) in [6.07, 6.45) is 5.20. The highest BCUT2D eigenvalue weighted by Gasteiger charge is 2.34. The lowest BCUT2D eigenvalue weighted by molar-refractivity contribution is 0.127. The first kappa shape index (κ1) is 17.1. The Bertz CT molecular complexity index is 559. The molecule has 2 amide bonds. The SMILES string of the molecule is COc1cccc(C[C@@H](NC(=O)N2CCC[C@@H](CO)C2)C2CC2)c1. The first-order valence-corrected chi connectivity index (χ1v) is 8.99. The van der Waals surface area contributed by atoms with Gasteiger partial charge in [0.1, 0.15) is 5.75 Å². The average Bonchev–Trinajstić information content (AvgIpc) is 3.46. The number of benzene rings is 1. The predicted octanol–water partition coefficient (Wildman–Crippen LogP) is 2.43. The molecule has 2 N–H and O–H groups in total. The molecule has 24 heavy (non-hydrogen) atoms. The van der Waals surface area contributed by atoms with Crippen molar-refractivity contribution in [3.8, 4) is 5.75 Å². The van der Waals surface area contributed by atoms with Gasteiger partial charge in [0, 0.05) is 25.7 Å². The Morgan fingerprint density at radius 2 is 2.25 bits per heavy atom. The Labute approximate surface area is 144 Å². The molecule has 3 rings (SSSR count). The van der Waals surface area contributed by atoms with E-state index < -0.39 is 0 Å². The van der Waals surface area contributed by atoms with Crippen molar-refractivity contribution in [3.05, 3.63) is 29.8 Å². The van der Waals surface area contributed by atoms with Gasteiger partial charge >= 0.3 is 6.03 Å². The van der Waals surface area contributed by atoms with E-state index in [9.17, 15) is 9.90 Å². The second-order valence-electron chi connectivity index (χ2n) is 7.09. The lowest BCUT2D eigenvalue weighted by atomic mass is 9.99. The van der Waals surface area contributed by atoms with Crippen molar-refractivity contribution in [2.45, 2.75) is 38.1 Å². The number of nitrogens with one attached hydrogen (secondary N) is 1. The molecule has 1 heterocycles. The second kappa shape index (κ2) is 7.88. The van der Waals surface area contributed by atoms with Crippen molar-refractivity contribution in [2.24, 2.45) is 11.8 Å². The summed E-state index contributed by atoms with van der Waals surface area (Å²) in [4.78, 5) is 14.5. The first-order valence-electron chi connectivity index (χ1n) is 8.99. The van der Waals surface area contributed by atoms with Gasteiger partial charge in [-0.1, -0.05) is 12.1 Å². The minimum Gasteiger partial charge on any atom is -0.497 e. The molecular formula is C19H28N2O3. The van der Waals surface area contributed by atoms with E-state index in [2.05, 4.69) is 11.4 Å². The van der Waals surface area contributed by atoms with Crippen molar-refractivity contribution in [2.75, 3.05) is 26.8 Å². The van der Waals surface area contributed by atoms with Crippen LogP contribution in [0.5, 0.6) is 5.75 Å². The third kappa shape index (κ3) is 4.41. The number of hydrogen-bond acceptors (Lipinski definition) is 3. The second-order valence-corrected chi connectivity index (χ2v) is 7.09. The first-order chi connectivity index (χ1) is 11.7. The van der Waals surface area contributed by atoms with E-state index in [1.165, 1.54) is 18.4 Å². The summed E-state index contributed by atoms with van der Waals surface area (Å²) in [5.74, 6) is 1.66. The number of nitrogens with zero attached hydrogens (tertiary/aromatic N) is 1. The monoisotopic (exact) mass is 332 g/mol. The number of carbonyl (C=O) groups excluding carboxylic acids is 1. The molecule has 1 aliphatic carbocycles. The maximum absolute atomic E-state index is 12.6. The lowest BCUT2D eigenvalue weighted by Crippen LogP contribution is -2.50. The molecule has 0 spiro atoms. The number of urea groups is 1. The number of amides is 2. The summed E-state index contributed by atoms with van der Waals surface area (Å²) in [6, 6.07) is 8.27. The van der Waals surface area contributed by atoms with Crippen molar-refractivity contribution in [1.29, 1.82) is 0 Å². The highest BCUT2D eigenvalue weighted by molar-refractivity contribution is 5.74. The number of piperidine rings is 1. The van der Waals surface area contributed by atoms with E-state index in [0.717, 1.165) is 31.6 Å². The highest BCUT2D eigenvalue weighted by atomic mass is 16.5. The molecule has 5 heteroatoms. The Balaban J connectivity index is 1.60. The van der Waals surface area contributed by atoms with Crippen molar-refractivity contribution in [1.82, 2.24) is 10.2 Å². The van der Waals surface area contributed by atoms with Crippen LogP contribution in [0.15, 0.2) is 24.3 Å². The van der Waals surface area contributed by atoms with E-state index in [1.807, 2.05) is 23.1 Å². The molecule has 0 unspecified atom stereocenters. The summed E-state index contributed by atoms with van der Waals surface area (Å²) in [5.41, 5.74) is 1.19. The van der Waals surface area contributed by atoms with Crippen LogP contribution in [0.4, 0.5) is 4.79 Å². The van der Waals surface area contributed by atoms with Gasteiger partial charge in [0.15, 0.2) is 0 Å². The summed E-state index contributed by atoms with van der Waals surface area (Å²) < 4.78 is 5.29. The number of rotatable bonds is 6. The topological polar surface area (TPSA) is 61.8 Å². The number of ether oxygens (including phenoxy) is 1. The number of likely N-dealkylation sites (tertiary alicyclic amines) is 1. The van der Waals surface area contributed by atoms with Crippen LogP contribution in [-0.4, -0.2) is 48.9 Å². The van der Waals surface area contributed by atoms with Crippen molar-refractivity contribution < 1.29 is 14.6 Å². The molecule has 0 bridgehead atoms. The van der Waals surface area contributed by atoms with Gasteiger partial charge in [0.2, 0.25) is 0 Å². The normalized spacial score (nSPS) is 22.1. The largest absolute Gasteiger partial charge is 0.497 e. The Morgan fingerprint density at radius 1 is 1.42 bits per heavy atom. The third-order valence-corrected chi connectivity index (χ3v) is 5.15. The number of hydrogen-bond donors (Lipinski definition) is 2. The van der Waals surface area contributed by atoms with Crippen LogP contribution < -0.4 is 10.1 Å². The van der Waals surface area contributed by atoms with E-state index in [4.69, 9.17) is 4.74 Å². The van der Waals surface area contributed by atoms with Crippen LogP contribution in [-0.2, 0) is 6.42 Å². The fourth-order valence-electron chi connectivity index (χ4n) is 3.54. The molecule has 5 nitrogen and oxygen atoms in total. The predicted molar refractivity (Wildman–Crippen MR) is 93.1 cm³/mol. The quantitative estimate of drug-likeness (QED) is 0.841. The van der Waals surface area contributed by atoms with E-state index in [0.29, 0.717) is 12.5 Å². The number of carbonyl (C=O) groups is 1. The van der Waals surface area contributed by atoms with Crippen LogP contribution in [0, 0.1) is 11.8 Å². The molecule has 2 aliphatic rings. The lowest BCUT2D eigenvalue weighted by Gasteiger charge is -2.33. The smallest absolute Gasteiger partial charge is 0.317 e. The molecule has 1 aliphatic heterocycles. The van der Waals surface area contributed by atoms with Gasteiger partial charge in [-0.3, -0.25) is 0 Å². The maximum atomic E-state index is 12.6. The number of methoxy groups -OCH3 is 1. The van der Waals surface area contributed by atoms with E-state index >= 15 is 0 Å².